The molecule has 0 saturated carbocycles. The number of rotatable bonds is 11. The molecule has 0 bridgehead atoms. The van der Waals surface area contributed by atoms with E-state index in [2.05, 4.69) is 5.32 Å². The molecule has 1 N–H and O–H groups in total. The Labute approximate surface area is 184 Å². The lowest BCUT2D eigenvalue weighted by molar-refractivity contribution is -0.128. The van der Waals surface area contributed by atoms with Crippen molar-refractivity contribution in [1.29, 1.82) is 0 Å². The summed E-state index contributed by atoms with van der Waals surface area (Å²) in [5.74, 6) is 1.50. The van der Waals surface area contributed by atoms with Crippen molar-refractivity contribution in [3.05, 3.63) is 48.0 Å². The van der Waals surface area contributed by atoms with Gasteiger partial charge in [0.15, 0.2) is 17.6 Å². The first-order valence-electron chi connectivity index (χ1n) is 9.97. The van der Waals surface area contributed by atoms with Crippen molar-refractivity contribution in [1.82, 2.24) is 5.32 Å². The molecular formula is C22H30N2O6S. The monoisotopic (exact) mass is 450 g/mol. The Morgan fingerprint density at radius 3 is 2.32 bits per heavy atom. The van der Waals surface area contributed by atoms with Gasteiger partial charge in [-0.15, -0.1) is 0 Å². The molecule has 0 unspecified atom stereocenters. The van der Waals surface area contributed by atoms with Gasteiger partial charge < -0.3 is 19.5 Å². The molecule has 0 aliphatic carbocycles. The highest BCUT2D eigenvalue weighted by Crippen LogP contribution is 2.28. The van der Waals surface area contributed by atoms with Gasteiger partial charge in [-0.2, -0.15) is 0 Å². The van der Waals surface area contributed by atoms with Gasteiger partial charge in [-0.3, -0.25) is 9.10 Å². The molecule has 0 heterocycles. The van der Waals surface area contributed by atoms with Gasteiger partial charge in [-0.25, -0.2) is 8.42 Å². The summed E-state index contributed by atoms with van der Waals surface area (Å²) in [4.78, 5) is 12.6. The van der Waals surface area contributed by atoms with Gasteiger partial charge >= 0.3 is 0 Å². The van der Waals surface area contributed by atoms with E-state index in [0.29, 0.717) is 42.5 Å². The largest absolute Gasteiger partial charge is 0.493 e. The van der Waals surface area contributed by atoms with Gasteiger partial charge in [0, 0.05) is 13.6 Å². The number of ether oxygens (including phenoxy) is 3. The molecule has 1 atom stereocenters. The molecule has 0 fully saturated rings. The summed E-state index contributed by atoms with van der Waals surface area (Å²) in [6, 6.07) is 12.0. The number of sulfonamides is 1. The van der Waals surface area contributed by atoms with Crippen molar-refractivity contribution in [3.8, 4) is 17.2 Å². The minimum atomic E-state index is -3.34. The molecule has 2 rings (SSSR count). The molecule has 1 amide bonds. The zero-order valence-electron chi connectivity index (χ0n) is 18.5. The minimum Gasteiger partial charge on any atom is -0.493 e. The van der Waals surface area contributed by atoms with E-state index >= 15 is 0 Å². The number of hydrogen-bond donors (Lipinski definition) is 1. The predicted octanol–water partition coefficient (Wildman–Crippen LogP) is 2.96. The lowest BCUT2D eigenvalue weighted by atomic mass is 10.2. The standard InChI is InChI=1S/C22H30N2O6S/c1-6-19(30-18-11-9-17(10-12-18)24(3)31(5,26)27)22(25)23-15-16-8-13-20(28-4)21(14-16)29-7-2/h8-14,19H,6-7,15H2,1-5H3,(H,23,25)/t19-/m0/s1. The summed E-state index contributed by atoms with van der Waals surface area (Å²) < 4.78 is 41.1. The maximum absolute atomic E-state index is 12.6. The van der Waals surface area contributed by atoms with Crippen LogP contribution in [-0.4, -0.2) is 47.4 Å². The fourth-order valence-electron chi connectivity index (χ4n) is 2.82. The number of methoxy groups -OCH3 is 1. The second kappa shape index (κ2) is 10.9. The average molecular weight is 451 g/mol. The molecule has 0 spiro atoms. The fourth-order valence-corrected chi connectivity index (χ4v) is 3.32. The van der Waals surface area contributed by atoms with Gasteiger partial charge in [0.1, 0.15) is 5.75 Å². The molecule has 0 radical (unpaired) electrons. The Balaban J connectivity index is 2.00. The molecule has 0 saturated heterocycles. The van der Waals surface area contributed by atoms with Crippen molar-refractivity contribution in [2.75, 3.05) is 31.3 Å². The Morgan fingerprint density at radius 2 is 1.77 bits per heavy atom. The van der Waals surface area contributed by atoms with Crippen LogP contribution in [0.2, 0.25) is 0 Å². The smallest absolute Gasteiger partial charge is 0.261 e. The van der Waals surface area contributed by atoms with Crippen LogP contribution in [0.15, 0.2) is 42.5 Å². The van der Waals surface area contributed by atoms with Crippen molar-refractivity contribution >= 4 is 21.6 Å². The number of carbonyl (C=O) groups is 1. The highest BCUT2D eigenvalue weighted by molar-refractivity contribution is 7.92. The third kappa shape index (κ3) is 6.78. The summed E-state index contributed by atoms with van der Waals surface area (Å²) in [6.07, 6.45) is 0.932. The van der Waals surface area contributed by atoms with E-state index in [1.807, 2.05) is 26.0 Å². The van der Waals surface area contributed by atoms with E-state index in [1.54, 1.807) is 37.4 Å². The predicted molar refractivity (Wildman–Crippen MR) is 120 cm³/mol. The van der Waals surface area contributed by atoms with Crippen LogP contribution in [0.5, 0.6) is 17.2 Å². The van der Waals surface area contributed by atoms with Gasteiger partial charge in [-0.1, -0.05) is 13.0 Å². The van der Waals surface area contributed by atoms with Crippen LogP contribution in [0, 0.1) is 0 Å². The first-order valence-corrected chi connectivity index (χ1v) is 11.8. The van der Waals surface area contributed by atoms with Crippen LogP contribution in [0.4, 0.5) is 5.69 Å². The molecule has 2 aromatic carbocycles. The number of anilines is 1. The molecule has 31 heavy (non-hydrogen) atoms. The number of hydrogen-bond acceptors (Lipinski definition) is 6. The summed E-state index contributed by atoms with van der Waals surface area (Å²) in [6.45, 7) is 4.58. The van der Waals surface area contributed by atoms with E-state index in [1.165, 1.54) is 11.4 Å². The van der Waals surface area contributed by atoms with E-state index < -0.39 is 16.1 Å². The number of amides is 1. The highest BCUT2D eigenvalue weighted by atomic mass is 32.2. The topological polar surface area (TPSA) is 94.2 Å². The van der Waals surface area contributed by atoms with Gasteiger partial charge in [0.05, 0.1) is 25.7 Å². The molecule has 0 aliphatic rings. The summed E-state index contributed by atoms with van der Waals surface area (Å²) in [5.41, 5.74) is 1.39. The molecule has 0 aliphatic heterocycles. The van der Waals surface area contributed by atoms with Gasteiger partial charge in [0.25, 0.3) is 5.91 Å². The third-order valence-corrected chi connectivity index (χ3v) is 5.84. The minimum absolute atomic E-state index is 0.242. The Kier molecular flexibility index (Phi) is 8.56. The quantitative estimate of drug-likeness (QED) is 0.566. The zero-order valence-corrected chi connectivity index (χ0v) is 19.4. The lowest BCUT2D eigenvalue weighted by Crippen LogP contribution is -2.37. The summed E-state index contributed by atoms with van der Waals surface area (Å²) >= 11 is 0. The van der Waals surface area contributed by atoms with Crippen LogP contribution < -0.4 is 23.8 Å². The zero-order chi connectivity index (χ0) is 23.0. The number of nitrogens with zero attached hydrogens (tertiary/aromatic N) is 1. The van der Waals surface area contributed by atoms with Crippen LogP contribution in [0.3, 0.4) is 0 Å². The van der Waals surface area contributed by atoms with Crippen molar-refractivity contribution in [2.45, 2.75) is 32.9 Å². The second-order valence-corrected chi connectivity index (χ2v) is 8.89. The van der Waals surface area contributed by atoms with Crippen LogP contribution in [0.1, 0.15) is 25.8 Å². The van der Waals surface area contributed by atoms with E-state index in [9.17, 15) is 13.2 Å². The molecule has 170 valence electrons. The summed E-state index contributed by atoms with van der Waals surface area (Å²) in [5, 5.41) is 2.88. The molecule has 9 heteroatoms. The first kappa shape index (κ1) is 24.3. The summed E-state index contributed by atoms with van der Waals surface area (Å²) in [7, 11) is -0.290. The van der Waals surface area contributed by atoms with Crippen molar-refractivity contribution in [2.24, 2.45) is 0 Å². The fraction of sp³-hybridized carbons (Fsp3) is 0.409. The maximum atomic E-state index is 12.6. The number of benzene rings is 2. The van der Waals surface area contributed by atoms with Crippen LogP contribution in [0.25, 0.3) is 0 Å². The van der Waals surface area contributed by atoms with E-state index in [-0.39, 0.29) is 5.91 Å². The van der Waals surface area contributed by atoms with Crippen molar-refractivity contribution < 1.29 is 27.4 Å². The van der Waals surface area contributed by atoms with Crippen LogP contribution in [-0.2, 0) is 21.4 Å². The molecular weight excluding hydrogens is 420 g/mol. The number of carbonyl (C=O) groups excluding carboxylic acids is 1. The lowest BCUT2D eigenvalue weighted by Gasteiger charge is -2.19. The normalized spacial score (nSPS) is 12.0. The van der Waals surface area contributed by atoms with E-state index in [4.69, 9.17) is 14.2 Å². The highest BCUT2D eigenvalue weighted by Gasteiger charge is 2.19. The average Bonchev–Trinajstić information content (AvgIpc) is 2.75. The van der Waals surface area contributed by atoms with E-state index in [0.717, 1.165) is 11.8 Å². The molecule has 0 aromatic heterocycles. The molecule has 8 nitrogen and oxygen atoms in total. The second-order valence-electron chi connectivity index (χ2n) is 6.88. The molecule has 2 aromatic rings. The first-order chi connectivity index (χ1) is 14.7. The van der Waals surface area contributed by atoms with Crippen molar-refractivity contribution in [3.63, 3.8) is 0 Å². The van der Waals surface area contributed by atoms with Gasteiger partial charge in [-0.05, 0) is 55.3 Å². The Bertz CT molecular complexity index is 976. The number of nitrogens with one attached hydrogen (secondary N) is 1. The Morgan fingerprint density at radius 1 is 1.10 bits per heavy atom. The van der Waals surface area contributed by atoms with Crippen LogP contribution >= 0.6 is 0 Å². The Hall–Kier alpha value is -2.94. The van der Waals surface area contributed by atoms with Gasteiger partial charge in [0.2, 0.25) is 10.0 Å². The maximum Gasteiger partial charge on any atom is 0.261 e. The SMILES string of the molecule is CCOc1cc(CNC(=O)[C@H](CC)Oc2ccc(N(C)S(C)(=O)=O)cc2)ccc1OC. The third-order valence-electron chi connectivity index (χ3n) is 4.63.